The van der Waals surface area contributed by atoms with Crippen molar-refractivity contribution in [1.82, 2.24) is 0 Å². The number of Topliss-reactive ketones (excluding diaryl/α,β-unsaturated/α-hetero) is 1. The molecule has 0 aliphatic carbocycles. The Morgan fingerprint density at radius 1 is 1.53 bits per heavy atom. The zero-order valence-corrected chi connectivity index (χ0v) is 10.1. The van der Waals surface area contributed by atoms with Gasteiger partial charge < -0.3 is 4.74 Å². The van der Waals surface area contributed by atoms with Gasteiger partial charge in [0.25, 0.3) is 0 Å². The summed E-state index contributed by atoms with van der Waals surface area (Å²) in [5.41, 5.74) is 0.460. The van der Waals surface area contributed by atoms with Crippen molar-refractivity contribution in [3.05, 3.63) is 28.2 Å². The molecule has 1 aromatic carbocycles. The second-order valence-corrected chi connectivity index (χ2v) is 3.90. The topological polar surface area (TPSA) is 26.3 Å². The van der Waals surface area contributed by atoms with E-state index in [0.29, 0.717) is 15.8 Å². The number of halogens is 3. The van der Waals surface area contributed by atoms with Crippen LogP contribution in [0.3, 0.4) is 0 Å². The molecule has 0 saturated carbocycles. The van der Waals surface area contributed by atoms with Crippen molar-refractivity contribution in [3.63, 3.8) is 0 Å². The molecule has 1 rings (SSSR count). The minimum atomic E-state index is -0.925. The van der Waals surface area contributed by atoms with Crippen LogP contribution in [0.5, 0.6) is 5.75 Å². The highest BCUT2D eigenvalue weighted by Gasteiger charge is 2.12. The summed E-state index contributed by atoms with van der Waals surface area (Å²) >= 11 is 8.67. The van der Waals surface area contributed by atoms with E-state index < -0.39 is 6.86 Å². The summed E-state index contributed by atoms with van der Waals surface area (Å²) in [6.45, 7) is -0.925. The molecule has 5 heteroatoms. The summed E-state index contributed by atoms with van der Waals surface area (Å²) in [6, 6.07) is 4.86. The van der Waals surface area contributed by atoms with Crippen molar-refractivity contribution < 1.29 is 13.9 Å². The van der Waals surface area contributed by atoms with Crippen LogP contribution in [0.15, 0.2) is 22.7 Å². The molecular weight excluding hydrogens is 286 g/mol. The van der Waals surface area contributed by atoms with Crippen molar-refractivity contribution in [3.8, 4) is 5.75 Å². The summed E-state index contributed by atoms with van der Waals surface area (Å²) in [4.78, 5) is 11.6. The minimum absolute atomic E-state index is 0.0961. The van der Waals surface area contributed by atoms with E-state index >= 15 is 0 Å². The maximum absolute atomic E-state index is 12.0. The molecule has 0 N–H and O–H groups in total. The first-order valence-corrected chi connectivity index (χ1v) is 5.60. The number of ketones is 1. The molecular formula is C10H9BrClFO2. The van der Waals surface area contributed by atoms with Gasteiger partial charge in [0.1, 0.15) is 5.75 Å². The molecule has 1 aromatic rings. The van der Waals surface area contributed by atoms with Crippen molar-refractivity contribution >= 4 is 33.3 Å². The summed E-state index contributed by atoms with van der Waals surface area (Å²) in [6.07, 6.45) is 0.249. The molecule has 0 unspecified atom stereocenters. The van der Waals surface area contributed by atoms with Crippen LogP contribution < -0.4 is 4.74 Å². The monoisotopic (exact) mass is 294 g/mol. The van der Waals surface area contributed by atoms with Crippen LogP contribution in [-0.4, -0.2) is 18.5 Å². The van der Waals surface area contributed by atoms with Gasteiger partial charge in [-0.1, -0.05) is 6.07 Å². The fraction of sp³-hybridized carbons (Fsp3) is 0.300. The predicted molar refractivity (Wildman–Crippen MR) is 60.4 cm³/mol. The molecule has 0 spiro atoms. The zero-order chi connectivity index (χ0) is 11.3. The van der Waals surface area contributed by atoms with E-state index in [9.17, 15) is 9.18 Å². The van der Waals surface area contributed by atoms with E-state index in [0.717, 1.165) is 0 Å². The molecule has 0 saturated heterocycles. The first-order valence-electron chi connectivity index (χ1n) is 4.27. The average molecular weight is 296 g/mol. The van der Waals surface area contributed by atoms with E-state index in [4.69, 9.17) is 16.3 Å². The Morgan fingerprint density at radius 3 is 2.87 bits per heavy atom. The lowest BCUT2D eigenvalue weighted by atomic mass is 10.1. The van der Waals surface area contributed by atoms with Crippen LogP contribution in [0.25, 0.3) is 0 Å². The highest BCUT2D eigenvalue weighted by molar-refractivity contribution is 9.10. The molecule has 0 atom stereocenters. The second kappa shape index (κ2) is 6.08. The maximum atomic E-state index is 12.0. The number of benzene rings is 1. The fourth-order valence-corrected chi connectivity index (χ4v) is 1.89. The fourth-order valence-electron chi connectivity index (χ4n) is 1.12. The Morgan fingerprint density at radius 2 is 2.27 bits per heavy atom. The highest BCUT2D eigenvalue weighted by atomic mass is 79.9. The number of hydrogen-bond donors (Lipinski definition) is 0. The van der Waals surface area contributed by atoms with Crippen molar-refractivity contribution in [2.45, 2.75) is 6.42 Å². The largest absolute Gasteiger partial charge is 0.462 e. The van der Waals surface area contributed by atoms with Gasteiger partial charge in [0.2, 0.25) is 6.86 Å². The molecule has 0 amide bonds. The summed E-state index contributed by atoms with van der Waals surface area (Å²) in [7, 11) is 0. The number of alkyl halides is 2. The third-order valence-electron chi connectivity index (χ3n) is 1.80. The first kappa shape index (κ1) is 12.5. The molecule has 0 aliphatic heterocycles. The Labute approximate surface area is 101 Å². The second-order valence-electron chi connectivity index (χ2n) is 2.73. The van der Waals surface area contributed by atoms with Gasteiger partial charge in [-0.15, -0.1) is 11.6 Å². The highest BCUT2D eigenvalue weighted by Crippen LogP contribution is 2.29. The molecule has 15 heavy (non-hydrogen) atoms. The van der Waals surface area contributed by atoms with Crippen molar-refractivity contribution in [1.29, 1.82) is 0 Å². The van der Waals surface area contributed by atoms with Gasteiger partial charge in [0, 0.05) is 17.9 Å². The Balaban J connectivity index is 2.98. The number of hydrogen-bond acceptors (Lipinski definition) is 2. The van der Waals surface area contributed by atoms with Crippen molar-refractivity contribution in [2.24, 2.45) is 0 Å². The SMILES string of the molecule is O=C(CCCl)c1cccc(OCF)c1Br. The van der Waals surface area contributed by atoms with Crippen molar-refractivity contribution in [2.75, 3.05) is 12.7 Å². The van der Waals surface area contributed by atoms with Gasteiger partial charge in [0.15, 0.2) is 5.78 Å². The molecule has 82 valence electrons. The molecule has 0 fully saturated rings. The van der Waals surface area contributed by atoms with Gasteiger partial charge in [-0.25, -0.2) is 4.39 Å². The van der Waals surface area contributed by atoms with Crippen LogP contribution in [0.4, 0.5) is 4.39 Å². The lowest BCUT2D eigenvalue weighted by Crippen LogP contribution is -2.02. The van der Waals surface area contributed by atoms with Crippen LogP contribution in [0, 0.1) is 0 Å². The Bertz CT molecular complexity index is 357. The normalized spacial score (nSPS) is 10.1. The molecule has 0 bridgehead atoms. The Kier molecular flexibility index (Phi) is 5.05. The van der Waals surface area contributed by atoms with Crippen LogP contribution >= 0.6 is 27.5 Å². The van der Waals surface area contributed by atoms with Gasteiger partial charge in [-0.05, 0) is 28.1 Å². The molecule has 2 nitrogen and oxygen atoms in total. The number of carbonyl (C=O) groups excluding carboxylic acids is 1. The third-order valence-corrected chi connectivity index (χ3v) is 2.80. The van der Waals surface area contributed by atoms with Gasteiger partial charge in [-0.2, -0.15) is 0 Å². The van der Waals surface area contributed by atoms with Crippen LogP contribution in [0.2, 0.25) is 0 Å². The average Bonchev–Trinajstić information content (AvgIpc) is 2.22. The lowest BCUT2D eigenvalue weighted by Gasteiger charge is -2.07. The number of ether oxygens (including phenoxy) is 1. The number of rotatable bonds is 5. The van der Waals surface area contributed by atoms with E-state index in [1.807, 2.05) is 0 Å². The van der Waals surface area contributed by atoms with E-state index in [-0.39, 0.29) is 18.1 Å². The molecule has 0 aliphatic rings. The molecule has 0 heterocycles. The third kappa shape index (κ3) is 3.18. The van der Waals surface area contributed by atoms with E-state index in [1.165, 1.54) is 0 Å². The molecule has 0 aromatic heterocycles. The van der Waals surface area contributed by atoms with E-state index in [1.54, 1.807) is 18.2 Å². The summed E-state index contributed by atoms with van der Waals surface area (Å²) in [5, 5.41) is 0. The predicted octanol–water partition coefficient (Wildman–Crippen LogP) is 3.57. The first-order chi connectivity index (χ1) is 7.20. The zero-order valence-electron chi connectivity index (χ0n) is 7.80. The van der Waals surface area contributed by atoms with Gasteiger partial charge in [0.05, 0.1) is 4.47 Å². The number of carbonyl (C=O) groups is 1. The van der Waals surface area contributed by atoms with E-state index in [2.05, 4.69) is 15.9 Å². The standard InChI is InChI=1S/C10H9BrClFO2/c11-10-7(8(14)4-5-12)2-1-3-9(10)15-6-13/h1-3H,4-6H2. The minimum Gasteiger partial charge on any atom is -0.462 e. The van der Waals surface area contributed by atoms with Crippen LogP contribution in [0.1, 0.15) is 16.8 Å². The van der Waals surface area contributed by atoms with Gasteiger partial charge in [-0.3, -0.25) is 4.79 Å². The summed E-state index contributed by atoms with van der Waals surface area (Å²) < 4.78 is 17.2. The Hall–Kier alpha value is -0.610. The quantitative estimate of drug-likeness (QED) is 0.613. The smallest absolute Gasteiger partial charge is 0.228 e. The van der Waals surface area contributed by atoms with Crippen LogP contribution in [-0.2, 0) is 0 Å². The molecule has 0 radical (unpaired) electrons. The maximum Gasteiger partial charge on any atom is 0.228 e. The lowest BCUT2D eigenvalue weighted by molar-refractivity contribution is 0.0987. The summed E-state index contributed by atoms with van der Waals surface area (Å²) in [5.74, 6) is 0.485. The van der Waals surface area contributed by atoms with Gasteiger partial charge >= 0.3 is 0 Å².